The molecule has 0 amide bonds. The second-order valence-corrected chi connectivity index (χ2v) is 7.80. The van der Waals surface area contributed by atoms with Crippen LogP contribution in [0, 0.1) is 6.92 Å². The largest absolute Gasteiger partial charge is 0.368 e. The molecule has 28 heavy (non-hydrogen) atoms. The SMILES string of the molecule is Cc1cc2ccccc2s1.Nc1nc(Cl)cc(Nc2ccc3[nH]ncc3c2)n1. The molecule has 0 fully saturated rings. The fourth-order valence-corrected chi connectivity index (χ4v) is 3.90. The zero-order chi connectivity index (χ0) is 19.5. The van der Waals surface area contributed by atoms with Gasteiger partial charge in [-0.2, -0.15) is 10.1 Å². The summed E-state index contributed by atoms with van der Waals surface area (Å²) in [6.45, 7) is 2.14. The lowest BCUT2D eigenvalue weighted by Crippen LogP contribution is -1.99. The maximum atomic E-state index is 5.81. The number of hydrogen-bond acceptors (Lipinski definition) is 6. The molecule has 8 heteroatoms. The molecule has 0 aliphatic rings. The molecule has 0 radical (unpaired) electrons. The minimum absolute atomic E-state index is 0.134. The molecular weight excluding hydrogens is 392 g/mol. The van der Waals surface area contributed by atoms with Gasteiger partial charge >= 0.3 is 0 Å². The molecule has 5 rings (SSSR count). The highest BCUT2D eigenvalue weighted by Gasteiger charge is 2.02. The van der Waals surface area contributed by atoms with Crippen molar-refractivity contribution in [2.24, 2.45) is 0 Å². The minimum atomic E-state index is 0.134. The van der Waals surface area contributed by atoms with Crippen LogP contribution >= 0.6 is 22.9 Å². The molecule has 3 aromatic heterocycles. The van der Waals surface area contributed by atoms with E-state index < -0.39 is 0 Å². The highest BCUT2D eigenvalue weighted by Crippen LogP contribution is 2.24. The van der Waals surface area contributed by atoms with Crippen molar-refractivity contribution in [3.05, 3.63) is 70.8 Å². The van der Waals surface area contributed by atoms with E-state index in [0.717, 1.165) is 16.6 Å². The third-order valence-electron chi connectivity index (χ3n) is 3.97. The Balaban J connectivity index is 0.000000162. The number of thiophene rings is 1. The van der Waals surface area contributed by atoms with Crippen molar-refractivity contribution < 1.29 is 0 Å². The Morgan fingerprint density at radius 3 is 2.71 bits per heavy atom. The first-order valence-electron chi connectivity index (χ1n) is 8.52. The number of fused-ring (bicyclic) bond motifs is 2. The first-order chi connectivity index (χ1) is 13.6. The van der Waals surface area contributed by atoms with Crippen molar-refractivity contribution in [3.8, 4) is 0 Å². The van der Waals surface area contributed by atoms with Crippen molar-refractivity contribution in [3.63, 3.8) is 0 Å². The number of H-pyrrole nitrogens is 1. The van der Waals surface area contributed by atoms with Crippen molar-refractivity contribution in [2.75, 3.05) is 11.1 Å². The topological polar surface area (TPSA) is 92.5 Å². The van der Waals surface area contributed by atoms with Gasteiger partial charge in [-0.3, -0.25) is 5.10 Å². The first kappa shape index (κ1) is 18.2. The Morgan fingerprint density at radius 1 is 1.04 bits per heavy atom. The van der Waals surface area contributed by atoms with E-state index in [1.807, 2.05) is 29.5 Å². The summed E-state index contributed by atoms with van der Waals surface area (Å²) in [5, 5.41) is 12.6. The summed E-state index contributed by atoms with van der Waals surface area (Å²) in [5.74, 6) is 0.685. The number of aryl methyl sites for hydroxylation is 1. The standard InChI is InChI=1S/C11H9ClN6.C9H8S/c12-9-4-10(17-11(13)16-9)15-7-1-2-8-6(3-7)5-14-18-8;1-7-6-8-4-2-3-5-9(8)10-7/h1-5H,(H,14,18)(H3,13,15,16,17);2-6H,1H3. The maximum Gasteiger partial charge on any atom is 0.223 e. The molecular formula is C20H17ClN6S. The van der Waals surface area contributed by atoms with Crippen LogP contribution in [0.15, 0.2) is 60.8 Å². The molecule has 2 aromatic carbocycles. The molecule has 0 saturated heterocycles. The summed E-state index contributed by atoms with van der Waals surface area (Å²) in [6, 6.07) is 18.1. The Morgan fingerprint density at radius 2 is 1.89 bits per heavy atom. The maximum absolute atomic E-state index is 5.81. The lowest BCUT2D eigenvalue weighted by atomic mass is 10.2. The van der Waals surface area contributed by atoms with Gasteiger partial charge in [0.05, 0.1) is 11.7 Å². The Hall–Kier alpha value is -3.16. The molecule has 140 valence electrons. The van der Waals surface area contributed by atoms with Crippen molar-refractivity contribution in [1.82, 2.24) is 20.2 Å². The molecule has 0 unspecified atom stereocenters. The fourth-order valence-electron chi connectivity index (χ4n) is 2.78. The van der Waals surface area contributed by atoms with Crippen molar-refractivity contribution >= 4 is 61.4 Å². The molecule has 0 aliphatic heterocycles. The quantitative estimate of drug-likeness (QED) is 0.333. The van der Waals surface area contributed by atoms with E-state index >= 15 is 0 Å². The van der Waals surface area contributed by atoms with Gasteiger partial charge in [0.2, 0.25) is 5.95 Å². The van der Waals surface area contributed by atoms with Gasteiger partial charge in [-0.25, -0.2) is 4.98 Å². The zero-order valence-electron chi connectivity index (χ0n) is 15.0. The van der Waals surface area contributed by atoms with Crippen LogP contribution in [0.25, 0.3) is 21.0 Å². The first-order valence-corrected chi connectivity index (χ1v) is 9.72. The molecule has 3 heterocycles. The molecule has 0 spiro atoms. The Labute approximate surface area is 170 Å². The predicted octanol–water partition coefficient (Wildman–Crippen LogP) is 5.54. The summed E-state index contributed by atoms with van der Waals surface area (Å²) in [4.78, 5) is 9.23. The smallest absolute Gasteiger partial charge is 0.223 e. The third kappa shape index (κ3) is 4.21. The number of nitrogens with zero attached hydrogens (tertiary/aromatic N) is 3. The van der Waals surface area contributed by atoms with Crippen LogP contribution in [0.1, 0.15) is 4.88 Å². The van der Waals surface area contributed by atoms with E-state index in [-0.39, 0.29) is 5.95 Å². The second-order valence-electron chi connectivity index (χ2n) is 6.13. The van der Waals surface area contributed by atoms with E-state index in [1.54, 1.807) is 12.3 Å². The number of anilines is 3. The monoisotopic (exact) mass is 408 g/mol. The Kier molecular flexibility index (Phi) is 5.10. The van der Waals surface area contributed by atoms with Crippen LogP contribution in [-0.4, -0.2) is 20.2 Å². The molecule has 0 atom stereocenters. The fraction of sp³-hybridized carbons (Fsp3) is 0.0500. The molecule has 6 nitrogen and oxygen atoms in total. The minimum Gasteiger partial charge on any atom is -0.368 e. The van der Waals surface area contributed by atoms with Gasteiger partial charge in [0.25, 0.3) is 0 Å². The summed E-state index contributed by atoms with van der Waals surface area (Å²) < 4.78 is 1.39. The number of rotatable bonds is 2. The van der Waals surface area contributed by atoms with Crippen molar-refractivity contribution in [2.45, 2.75) is 6.92 Å². The normalized spacial score (nSPS) is 10.6. The molecule has 0 aliphatic carbocycles. The predicted molar refractivity (Wildman–Crippen MR) is 117 cm³/mol. The number of aromatic amines is 1. The third-order valence-corrected chi connectivity index (χ3v) is 5.20. The number of nitrogens with two attached hydrogens (primary N) is 1. The lowest BCUT2D eigenvalue weighted by molar-refractivity contribution is 1.12. The number of hydrogen-bond donors (Lipinski definition) is 3. The number of halogens is 1. The van der Waals surface area contributed by atoms with Gasteiger partial charge in [-0.1, -0.05) is 29.8 Å². The van der Waals surface area contributed by atoms with E-state index in [0.29, 0.717) is 11.0 Å². The van der Waals surface area contributed by atoms with Crippen LogP contribution in [0.3, 0.4) is 0 Å². The second kappa shape index (κ2) is 7.84. The highest BCUT2D eigenvalue weighted by molar-refractivity contribution is 7.19. The molecule has 5 aromatic rings. The van der Waals surface area contributed by atoms with Gasteiger partial charge in [-0.05, 0) is 42.6 Å². The van der Waals surface area contributed by atoms with Crippen LogP contribution in [-0.2, 0) is 0 Å². The Bertz CT molecular complexity index is 1190. The number of nitrogens with one attached hydrogen (secondary N) is 2. The highest BCUT2D eigenvalue weighted by atomic mass is 35.5. The van der Waals surface area contributed by atoms with Gasteiger partial charge in [0.15, 0.2) is 0 Å². The summed E-state index contributed by atoms with van der Waals surface area (Å²) >= 11 is 7.66. The summed E-state index contributed by atoms with van der Waals surface area (Å²) in [6.07, 6.45) is 1.75. The molecule has 4 N–H and O–H groups in total. The van der Waals surface area contributed by atoms with E-state index in [4.69, 9.17) is 17.3 Å². The average molecular weight is 409 g/mol. The van der Waals surface area contributed by atoms with E-state index in [2.05, 4.69) is 62.7 Å². The van der Waals surface area contributed by atoms with Crippen LogP contribution in [0.2, 0.25) is 5.15 Å². The summed E-state index contributed by atoms with van der Waals surface area (Å²) in [7, 11) is 0. The van der Waals surface area contributed by atoms with E-state index in [9.17, 15) is 0 Å². The average Bonchev–Trinajstić information content (AvgIpc) is 3.26. The van der Waals surface area contributed by atoms with Gasteiger partial charge in [-0.15, -0.1) is 11.3 Å². The van der Waals surface area contributed by atoms with Gasteiger partial charge < -0.3 is 11.1 Å². The van der Waals surface area contributed by atoms with Gasteiger partial charge in [0.1, 0.15) is 11.0 Å². The van der Waals surface area contributed by atoms with Crippen LogP contribution < -0.4 is 11.1 Å². The van der Waals surface area contributed by atoms with Crippen LogP contribution in [0.5, 0.6) is 0 Å². The number of nitrogen functional groups attached to an aromatic ring is 1. The van der Waals surface area contributed by atoms with Crippen LogP contribution in [0.4, 0.5) is 17.5 Å². The van der Waals surface area contributed by atoms with Gasteiger partial charge in [0, 0.05) is 26.7 Å². The molecule has 0 saturated carbocycles. The zero-order valence-corrected chi connectivity index (χ0v) is 16.6. The number of aromatic nitrogens is 4. The number of benzene rings is 2. The van der Waals surface area contributed by atoms with Crippen molar-refractivity contribution in [1.29, 1.82) is 0 Å². The molecule has 0 bridgehead atoms. The lowest BCUT2D eigenvalue weighted by Gasteiger charge is -2.06. The van der Waals surface area contributed by atoms with E-state index in [1.165, 1.54) is 15.0 Å². The summed E-state index contributed by atoms with van der Waals surface area (Å²) in [5.41, 5.74) is 7.37.